The number of hydrogen-bond acceptors (Lipinski definition) is 6. The van der Waals surface area contributed by atoms with E-state index < -0.39 is 12.0 Å². The highest BCUT2D eigenvalue weighted by molar-refractivity contribution is 5.86. The molecule has 1 aromatic carbocycles. The predicted molar refractivity (Wildman–Crippen MR) is 86.5 cm³/mol. The molecule has 2 aliphatic rings. The zero-order valence-corrected chi connectivity index (χ0v) is 14.2. The van der Waals surface area contributed by atoms with Crippen LogP contribution < -0.4 is 4.74 Å². The molecule has 24 heavy (non-hydrogen) atoms. The Hall–Kier alpha value is -2.08. The zero-order chi connectivity index (χ0) is 17.3. The molecule has 6 heteroatoms. The van der Waals surface area contributed by atoms with Crippen molar-refractivity contribution < 1.29 is 23.8 Å². The van der Waals surface area contributed by atoms with Gasteiger partial charge >= 0.3 is 11.9 Å². The Morgan fingerprint density at radius 2 is 2.00 bits per heavy atom. The normalized spacial score (nSPS) is 28.5. The van der Waals surface area contributed by atoms with Gasteiger partial charge in [-0.15, -0.1) is 0 Å². The largest absolute Gasteiger partial charge is 0.493 e. The van der Waals surface area contributed by atoms with Crippen LogP contribution in [-0.2, 0) is 19.1 Å². The molecule has 2 aliphatic heterocycles. The van der Waals surface area contributed by atoms with Gasteiger partial charge in [0.05, 0.1) is 26.2 Å². The van der Waals surface area contributed by atoms with Gasteiger partial charge in [-0.1, -0.05) is 25.1 Å². The van der Waals surface area contributed by atoms with Gasteiger partial charge in [0, 0.05) is 17.5 Å². The third-order valence-corrected chi connectivity index (χ3v) is 4.96. The Balaban J connectivity index is 2.06. The van der Waals surface area contributed by atoms with E-state index in [1.165, 1.54) is 7.11 Å². The van der Waals surface area contributed by atoms with Crippen molar-refractivity contribution in [3.63, 3.8) is 0 Å². The molecule has 0 aromatic heterocycles. The molecule has 0 saturated carbocycles. The van der Waals surface area contributed by atoms with Gasteiger partial charge in [0.2, 0.25) is 0 Å². The Bertz CT molecular complexity index is 632. The Kier molecular flexibility index (Phi) is 4.76. The quantitative estimate of drug-likeness (QED) is 0.783. The predicted octanol–water partition coefficient (Wildman–Crippen LogP) is 1.79. The van der Waals surface area contributed by atoms with Crippen LogP contribution in [0.15, 0.2) is 24.3 Å². The van der Waals surface area contributed by atoms with Gasteiger partial charge in [0.1, 0.15) is 11.8 Å². The molecule has 0 amide bonds. The van der Waals surface area contributed by atoms with Crippen molar-refractivity contribution in [2.75, 3.05) is 26.9 Å². The number of ether oxygens (including phenoxy) is 3. The first-order valence-electron chi connectivity index (χ1n) is 8.35. The molecule has 0 radical (unpaired) electrons. The second-order valence-electron chi connectivity index (χ2n) is 6.03. The fourth-order valence-corrected chi connectivity index (χ4v) is 4.05. The highest BCUT2D eigenvalue weighted by Crippen LogP contribution is 2.50. The molecule has 0 N–H and O–H groups in total. The van der Waals surface area contributed by atoms with E-state index in [0.29, 0.717) is 13.2 Å². The molecule has 0 aliphatic carbocycles. The average molecular weight is 333 g/mol. The van der Waals surface area contributed by atoms with E-state index >= 15 is 0 Å². The third-order valence-electron chi connectivity index (χ3n) is 4.96. The van der Waals surface area contributed by atoms with Crippen LogP contribution >= 0.6 is 0 Å². The number of esters is 2. The number of carbonyl (C=O) groups is 2. The second-order valence-corrected chi connectivity index (χ2v) is 6.03. The lowest BCUT2D eigenvalue weighted by Crippen LogP contribution is -2.44. The zero-order valence-electron chi connectivity index (χ0n) is 14.2. The summed E-state index contributed by atoms with van der Waals surface area (Å²) in [5, 5.41) is 0. The van der Waals surface area contributed by atoms with Crippen LogP contribution in [0.4, 0.5) is 0 Å². The van der Waals surface area contributed by atoms with Gasteiger partial charge in [0.15, 0.2) is 0 Å². The van der Waals surface area contributed by atoms with Crippen LogP contribution in [0.25, 0.3) is 0 Å². The minimum Gasteiger partial charge on any atom is -0.493 e. The highest BCUT2D eigenvalue weighted by Gasteiger charge is 2.58. The molecular formula is C18H23NO5. The Morgan fingerprint density at radius 1 is 1.25 bits per heavy atom. The maximum Gasteiger partial charge on any atom is 0.324 e. The van der Waals surface area contributed by atoms with E-state index in [9.17, 15) is 9.59 Å². The first kappa shape index (κ1) is 16.8. The molecule has 1 aromatic rings. The van der Waals surface area contributed by atoms with Gasteiger partial charge in [0.25, 0.3) is 0 Å². The first-order valence-corrected chi connectivity index (χ1v) is 8.35. The first-order chi connectivity index (χ1) is 11.6. The monoisotopic (exact) mass is 333 g/mol. The smallest absolute Gasteiger partial charge is 0.324 e. The molecule has 3 rings (SSSR count). The van der Waals surface area contributed by atoms with E-state index in [2.05, 4.69) is 0 Å². The molecule has 2 heterocycles. The van der Waals surface area contributed by atoms with Gasteiger partial charge in [-0.2, -0.15) is 0 Å². The lowest BCUT2D eigenvalue weighted by molar-refractivity contribution is -0.158. The van der Waals surface area contributed by atoms with Crippen LogP contribution in [-0.4, -0.2) is 49.7 Å². The van der Waals surface area contributed by atoms with E-state index in [1.807, 2.05) is 36.1 Å². The molecule has 0 bridgehead atoms. The van der Waals surface area contributed by atoms with E-state index in [0.717, 1.165) is 11.3 Å². The molecular weight excluding hydrogens is 310 g/mol. The number of fused-ring (bicyclic) bond motifs is 3. The van der Waals surface area contributed by atoms with Crippen LogP contribution in [0.5, 0.6) is 5.75 Å². The van der Waals surface area contributed by atoms with Crippen molar-refractivity contribution in [1.82, 2.24) is 4.90 Å². The Labute approximate surface area is 141 Å². The standard InChI is InChI=1S/C18H23NO5/c1-4-19-15-11-8-6-7-9-13(11)24-10-12(15)14(17(20)22-3)16(19)18(21)23-5-2/h6-9,12,14-16H,4-5,10H2,1-3H3/t12-,14-,15+,16-/m1/s1. The fourth-order valence-electron chi connectivity index (χ4n) is 4.05. The summed E-state index contributed by atoms with van der Waals surface area (Å²) in [6.45, 7) is 5.05. The van der Waals surface area contributed by atoms with Crippen molar-refractivity contribution in [3.8, 4) is 5.75 Å². The summed E-state index contributed by atoms with van der Waals surface area (Å²) in [6, 6.07) is 7.08. The van der Waals surface area contributed by atoms with Crippen LogP contribution in [0.1, 0.15) is 25.5 Å². The number of hydrogen-bond donors (Lipinski definition) is 0. The number of nitrogens with zero attached hydrogens (tertiary/aromatic N) is 1. The third kappa shape index (κ3) is 2.55. The Morgan fingerprint density at radius 3 is 2.67 bits per heavy atom. The topological polar surface area (TPSA) is 65.1 Å². The summed E-state index contributed by atoms with van der Waals surface area (Å²) in [5.74, 6) is -0.678. The second kappa shape index (κ2) is 6.81. The fraction of sp³-hybridized carbons (Fsp3) is 0.556. The summed E-state index contributed by atoms with van der Waals surface area (Å²) in [5.41, 5.74) is 1.01. The molecule has 4 atom stereocenters. The van der Waals surface area contributed by atoms with Gasteiger partial charge < -0.3 is 14.2 Å². The van der Waals surface area contributed by atoms with E-state index in [1.54, 1.807) is 6.92 Å². The molecule has 130 valence electrons. The number of benzene rings is 1. The summed E-state index contributed by atoms with van der Waals surface area (Å²) in [4.78, 5) is 27.1. The van der Waals surface area contributed by atoms with Gasteiger partial charge in [-0.25, -0.2) is 0 Å². The maximum absolute atomic E-state index is 12.6. The minimum absolute atomic E-state index is 0.0570. The number of likely N-dealkylation sites (N-methyl/N-ethyl adjacent to an activating group) is 1. The average Bonchev–Trinajstić information content (AvgIpc) is 2.96. The van der Waals surface area contributed by atoms with Crippen molar-refractivity contribution in [2.45, 2.75) is 25.9 Å². The maximum atomic E-state index is 12.6. The number of methoxy groups -OCH3 is 1. The summed E-state index contributed by atoms with van der Waals surface area (Å²) in [6.07, 6.45) is 0. The molecule has 1 saturated heterocycles. The van der Waals surface area contributed by atoms with Crippen molar-refractivity contribution in [2.24, 2.45) is 11.8 Å². The van der Waals surface area contributed by atoms with Crippen LogP contribution in [0.2, 0.25) is 0 Å². The van der Waals surface area contributed by atoms with E-state index in [-0.39, 0.29) is 30.5 Å². The number of rotatable bonds is 4. The van der Waals surface area contributed by atoms with Gasteiger partial charge in [-0.05, 0) is 19.5 Å². The van der Waals surface area contributed by atoms with Crippen LogP contribution in [0, 0.1) is 11.8 Å². The molecule has 6 nitrogen and oxygen atoms in total. The molecule has 1 fully saturated rings. The lowest BCUT2D eigenvalue weighted by Gasteiger charge is -2.34. The molecule has 0 spiro atoms. The summed E-state index contributed by atoms with van der Waals surface area (Å²) < 4.78 is 16.1. The van der Waals surface area contributed by atoms with Crippen molar-refractivity contribution >= 4 is 11.9 Å². The summed E-state index contributed by atoms with van der Waals surface area (Å²) in [7, 11) is 1.35. The minimum atomic E-state index is -0.646. The number of likely N-dealkylation sites (tertiary alicyclic amines) is 1. The number of carbonyl (C=O) groups excluding carboxylic acids is 2. The van der Waals surface area contributed by atoms with Crippen LogP contribution in [0.3, 0.4) is 0 Å². The lowest BCUT2D eigenvalue weighted by atomic mass is 9.83. The molecule has 0 unspecified atom stereocenters. The SMILES string of the molecule is CCOC(=O)[C@H]1[C@H](C(=O)OC)[C@H]2COc3ccccc3[C@@H]2N1CC. The van der Waals surface area contributed by atoms with Gasteiger partial charge in [-0.3, -0.25) is 14.5 Å². The van der Waals surface area contributed by atoms with Crippen molar-refractivity contribution in [3.05, 3.63) is 29.8 Å². The van der Waals surface area contributed by atoms with Crippen molar-refractivity contribution in [1.29, 1.82) is 0 Å². The van der Waals surface area contributed by atoms with E-state index in [4.69, 9.17) is 14.2 Å². The highest BCUT2D eigenvalue weighted by atomic mass is 16.5. The summed E-state index contributed by atoms with van der Waals surface area (Å²) >= 11 is 0. The number of para-hydroxylation sites is 1.